The van der Waals surface area contributed by atoms with Crippen LogP contribution in [0.4, 0.5) is 18.0 Å². The van der Waals surface area contributed by atoms with Crippen molar-refractivity contribution in [3.63, 3.8) is 0 Å². The molecule has 3 aromatic rings. The van der Waals surface area contributed by atoms with Gasteiger partial charge in [0.1, 0.15) is 5.75 Å². The Morgan fingerprint density at radius 1 is 1.17 bits per heavy atom. The lowest BCUT2D eigenvalue weighted by Gasteiger charge is -2.39. The molecule has 1 aliphatic rings. The van der Waals surface area contributed by atoms with Gasteiger partial charge in [0.2, 0.25) is 5.88 Å². The number of hydrogen-bond donors (Lipinski definition) is 1. The highest BCUT2D eigenvalue weighted by Crippen LogP contribution is 2.30. The number of rotatable bonds is 5. The number of benzene rings is 1. The van der Waals surface area contributed by atoms with E-state index < -0.39 is 17.7 Å². The van der Waals surface area contributed by atoms with Gasteiger partial charge in [0.15, 0.2) is 5.69 Å². The number of carbonyl (C=O) groups excluding carboxylic acids is 1. The third kappa shape index (κ3) is 5.77. The van der Waals surface area contributed by atoms with Crippen LogP contribution in [0.25, 0.3) is 0 Å². The van der Waals surface area contributed by atoms with E-state index in [2.05, 4.69) is 15.0 Å². The second kappa shape index (κ2) is 9.74. The number of halogens is 3. The van der Waals surface area contributed by atoms with Crippen LogP contribution in [-0.2, 0) is 12.7 Å². The quantitative estimate of drug-likeness (QED) is 0.579. The van der Waals surface area contributed by atoms with E-state index >= 15 is 0 Å². The lowest BCUT2D eigenvalue weighted by atomic mass is 10.1. The molecule has 3 heterocycles. The minimum atomic E-state index is -4.46. The average Bonchev–Trinajstić information content (AvgIpc) is 3.30. The van der Waals surface area contributed by atoms with Crippen molar-refractivity contribution >= 4 is 12.0 Å². The number of piperazine rings is 1. The van der Waals surface area contributed by atoms with E-state index in [4.69, 9.17) is 9.84 Å². The fourth-order valence-corrected chi connectivity index (χ4v) is 3.83. The summed E-state index contributed by atoms with van der Waals surface area (Å²) in [6.07, 6.45) is -2.40. The first-order valence-electron chi connectivity index (χ1n) is 10.7. The molecule has 0 spiro atoms. The van der Waals surface area contributed by atoms with Crippen molar-refractivity contribution in [1.82, 2.24) is 24.6 Å². The summed E-state index contributed by atoms with van der Waals surface area (Å²) in [5.74, 6) is -0.695. The summed E-state index contributed by atoms with van der Waals surface area (Å²) in [5.41, 5.74) is -0.113. The average molecular weight is 489 g/mol. The number of carboxylic acid groups (broad SMARTS) is 1. The molecule has 184 valence electrons. The third-order valence-electron chi connectivity index (χ3n) is 5.55. The highest BCUT2D eigenvalue weighted by Gasteiger charge is 2.31. The van der Waals surface area contributed by atoms with Crippen molar-refractivity contribution in [2.24, 2.45) is 0 Å². The summed E-state index contributed by atoms with van der Waals surface area (Å²) in [4.78, 5) is 31.3. The number of aromatic nitrogens is 3. The van der Waals surface area contributed by atoms with Gasteiger partial charge in [0, 0.05) is 50.7 Å². The number of aromatic carboxylic acids is 1. The van der Waals surface area contributed by atoms with Crippen molar-refractivity contribution in [3.8, 4) is 11.6 Å². The van der Waals surface area contributed by atoms with E-state index in [0.717, 1.165) is 22.5 Å². The smallest absolute Gasteiger partial charge is 0.417 e. The summed E-state index contributed by atoms with van der Waals surface area (Å²) in [6.45, 7) is 4.10. The molecule has 4 rings (SSSR count). The summed E-state index contributed by atoms with van der Waals surface area (Å²) < 4.78 is 44.7. The first kappa shape index (κ1) is 24.2. The second-order valence-corrected chi connectivity index (χ2v) is 8.14. The number of alkyl halides is 3. The normalized spacial score (nSPS) is 16.8. The fraction of sp³-hybridized carbons (Fsp3) is 0.304. The van der Waals surface area contributed by atoms with Crippen LogP contribution in [0.1, 0.15) is 28.5 Å². The van der Waals surface area contributed by atoms with Gasteiger partial charge in [-0.25, -0.2) is 14.6 Å². The van der Waals surface area contributed by atoms with Gasteiger partial charge >= 0.3 is 18.2 Å². The van der Waals surface area contributed by atoms with E-state index in [9.17, 15) is 22.8 Å². The molecular weight excluding hydrogens is 467 g/mol. The zero-order valence-electron chi connectivity index (χ0n) is 18.6. The van der Waals surface area contributed by atoms with E-state index in [1.54, 1.807) is 23.1 Å². The van der Waals surface area contributed by atoms with Gasteiger partial charge in [0.05, 0.1) is 5.56 Å². The van der Waals surface area contributed by atoms with Crippen molar-refractivity contribution in [1.29, 1.82) is 0 Å². The monoisotopic (exact) mass is 489 g/mol. The number of pyridine rings is 1. The summed E-state index contributed by atoms with van der Waals surface area (Å²) in [7, 11) is 0. The molecule has 1 aliphatic heterocycles. The van der Waals surface area contributed by atoms with E-state index in [1.165, 1.54) is 18.3 Å². The number of carbonyl (C=O) groups is 2. The summed E-state index contributed by atoms with van der Waals surface area (Å²) in [5, 5.41) is 12.8. The van der Waals surface area contributed by atoms with Crippen molar-refractivity contribution in [3.05, 3.63) is 71.7 Å². The van der Waals surface area contributed by atoms with Crippen LogP contribution in [-0.4, -0.2) is 67.3 Å². The van der Waals surface area contributed by atoms with Crippen LogP contribution < -0.4 is 4.74 Å². The zero-order valence-corrected chi connectivity index (χ0v) is 18.6. The van der Waals surface area contributed by atoms with E-state index in [0.29, 0.717) is 31.9 Å². The Bertz CT molecular complexity index is 1210. The first-order chi connectivity index (χ1) is 16.6. The Balaban J connectivity index is 1.35. The molecule has 1 N–H and O–H groups in total. The SMILES string of the molecule is CC1CN(Cc2cccc(Oc3ccc(C(F)(F)F)cn3)c2)CCN1C(=O)n1ccc(C(=O)O)n1. The molecule has 12 heteroatoms. The number of ether oxygens (including phenoxy) is 1. The summed E-state index contributed by atoms with van der Waals surface area (Å²) >= 11 is 0. The first-order valence-corrected chi connectivity index (χ1v) is 10.7. The molecule has 1 unspecified atom stereocenters. The predicted molar refractivity (Wildman–Crippen MR) is 117 cm³/mol. The van der Waals surface area contributed by atoms with Gasteiger partial charge < -0.3 is 14.7 Å². The molecule has 35 heavy (non-hydrogen) atoms. The number of nitrogens with zero attached hydrogens (tertiary/aromatic N) is 5. The van der Waals surface area contributed by atoms with Gasteiger partial charge in [-0.3, -0.25) is 4.90 Å². The molecule has 0 bridgehead atoms. The number of amides is 1. The van der Waals surface area contributed by atoms with Gasteiger partial charge in [-0.15, -0.1) is 0 Å². The minimum Gasteiger partial charge on any atom is -0.476 e. The Morgan fingerprint density at radius 2 is 1.97 bits per heavy atom. The molecule has 1 fully saturated rings. The van der Waals surface area contributed by atoms with Gasteiger partial charge in [0.25, 0.3) is 0 Å². The maximum Gasteiger partial charge on any atom is 0.417 e. The Labute approximate surface area is 198 Å². The Kier molecular flexibility index (Phi) is 6.74. The molecule has 0 radical (unpaired) electrons. The molecule has 0 aliphatic carbocycles. The van der Waals surface area contributed by atoms with Gasteiger partial charge in [-0.1, -0.05) is 12.1 Å². The molecular formula is C23H22F3N5O4. The predicted octanol–water partition coefficient (Wildman–Crippen LogP) is 3.96. The lowest BCUT2D eigenvalue weighted by molar-refractivity contribution is -0.137. The maximum absolute atomic E-state index is 12.7. The lowest BCUT2D eigenvalue weighted by Crippen LogP contribution is -2.54. The highest BCUT2D eigenvalue weighted by atomic mass is 19.4. The van der Waals surface area contributed by atoms with Gasteiger partial charge in [-0.05, 0) is 36.8 Å². The molecule has 1 amide bonds. The standard InChI is InChI=1S/C23H22F3N5O4/c1-15-13-29(9-10-30(15)22(34)31-8-7-19(28-31)21(32)33)14-16-3-2-4-18(11-16)35-20-6-5-17(12-27-20)23(24,25)26/h2-8,11-12,15H,9-10,13-14H2,1H3,(H,32,33). The topological polar surface area (TPSA) is 101 Å². The highest BCUT2D eigenvalue weighted by molar-refractivity contribution is 5.86. The Hall–Kier alpha value is -3.93. The van der Waals surface area contributed by atoms with Crippen LogP contribution >= 0.6 is 0 Å². The molecule has 2 aromatic heterocycles. The van der Waals surface area contributed by atoms with Crippen LogP contribution in [0.2, 0.25) is 0 Å². The van der Waals surface area contributed by atoms with Crippen LogP contribution in [0.3, 0.4) is 0 Å². The molecule has 9 nitrogen and oxygen atoms in total. The fourth-order valence-electron chi connectivity index (χ4n) is 3.83. The molecule has 1 atom stereocenters. The number of carboxylic acids is 1. The van der Waals surface area contributed by atoms with Crippen molar-refractivity contribution in [2.75, 3.05) is 19.6 Å². The molecule has 0 saturated carbocycles. The summed E-state index contributed by atoms with van der Waals surface area (Å²) in [6, 6.07) is 10.0. The Morgan fingerprint density at radius 3 is 2.60 bits per heavy atom. The minimum absolute atomic E-state index is 0.0561. The van der Waals surface area contributed by atoms with Crippen LogP contribution in [0.5, 0.6) is 11.6 Å². The van der Waals surface area contributed by atoms with Crippen LogP contribution in [0, 0.1) is 0 Å². The van der Waals surface area contributed by atoms with Crippen LogP contribution in [0.15, 0.2) is 54.9 Å². The number of hydrogen-bond acceptors (Lipinski definition) is 6. The largest absolute Gasteiger partial charge is 0.476 e. The molecule has 1 saturated heterocycles. The third-order valence-corrected chi connectivity index (χ3v) is 5.55. The van der Waals surface area contributed by atoms with Crippen molar-refractivity contribution in [2.45, 2.75) is 25.7 Å². The second-order valence-electron chi connectivity index (χ2n) is 8.14. The van der Waals surface area contributed by atoms with E-state index in [-0.39, 0.29) is 23.6 Å². The maximum atomic E-state index is 12.7. The zero-order chi connectivity index (χ0) is 25.2. The van der Waals surface area contributed by atoms with Gasteiger partial charge in [-0.2, -0.15) is 23.0 Å². The van der Waals surface area contributed by atoms with Crippen molar-refractivity contribution < 1.29 is 32.6 Å². The van der Waals surface area contributed by atoms with E-state index in [1.807, 2.05) is 13.0 Å². The molecule has 1 aromatic carbocycles.